The van der Waals surface area contributed by atoms with Gasteiger partial charge in [-0.3, -0.25) is 0 Å². The zero-order valence-electron chi connectivity index (χ0n) is 9.01. The highest BCUT2D eigenvalue weighted by Crippen LogP contribution is 2.12. The number of rotatable bonds is 7. The van der Waals surface area contributed by atoms with E-state index >= 15 is 0 Å². The Bertz CT molecular complexity index is 169. The van der Waals surface area contributed by atoms with Gasteiger partial charge in [-0.25, -0.2) is 0 Å². The molecule has 0 aliphatic heterocycles. The molecule has 0 bridgehead atoms. The Balaban J connectivity index is 4.41. The summed E-state index contributed by atoms with van der Waals surface area (Å²) in [6.07, 6.45) is -9.84. The molecule has 0 saturated carbocycles. The molecule has 0 heterocycles. The molecule has 0 amide bonds. The zero-order chi connectivity index (χ0) is 12.9. The van der Waals surface area contributed by atoms with E-state index in [0.29, 0.717) is 0 Å². The molecule has 7 N–H and O–H groups in total. The molecule has 0 aliphatic carbocycles. The van der Waals surface area contributed by atoms with E-state index in [1.165, 1.54) is 0 Å². The van der Waals surface area contributed by atoms with Crippen molar-refractivity contribution in [3.8, 4) is 0 Å². The van der Waals surface area contributed by atoms with Crippen LogP contribution in [0.5, 0.6) is 0 Å². The second kappa shape index (κ2) is 7.13. The SMILES string of the molecule is CCC(O)C(O)[C@@H](O)[C@@H](O)[C@H](O)[C@H](O)CO. The summed E-state index contributed by atoms with van der Waals surface area (Å²) in [5.41, 5.74) is 0. The van der Waals surface area contributed by atoms with Crippen LogP contribution in [0.1, 0.15) is 13.3 Å². The number of aliphatic hydroxyl groups excluding tert-OH is 7. The molecule has 0 aliphatic rings. The van der Waals surface area contributed by atoms with Crippen molar-refractivity contribution in [2.24, 2.45) is 0 Å². The first-order valence-corrected chi connectivity index (χ1v) is 5.06. The van der Waals surface area contributed by atoms with Crippen molar-refractivity contribution < 1.29 is 35.7 Å². The van der Waals surface area contributed by atoms with E-state index in [9.17, 15) is 25.5 Å². The van der Waals surface area contributed by atoms with E-state index in [-0.39, 0.29) is 6.42 Å². The van der Waals surface area contributed by atoms with Crippen molar-refractivity contribution in [1.82, 2.24) is 0 Å². The van der Waals surface area contributed by atoms with Crippen LogP contribution < -0.4 is 0 Å². The van der Waals surface area contributed by atoms with Gasteiger partial charge in [-0.2, -0.15) is 0 Å². The van der Waals surface area contributed by atoms with Gasteiger partial charge in [-0.1, -0.05) is 6.92 Å². The van der Waals surface area contributed by atoms with Gasteiger partial charge in [0.25, 0.3) is 0 Å². The Hall–Kier alpha value is -0.280. The molecule has 7 heteroatoms. The molecule has 0 fully saturated rings. The van der Waals surface area contributed by atoms with Crippen LogP contribution in [0.2, 0.25) is 0 Å². The highest BCUT2D eigenvalue weighted by atomic mass is 16.4. The van der Waals surface area contributed by atoms with E-state index in [4.69, 9.17) is 10.2 Å². The van der Waals surface area contributed by atoms with Crippen molar-refractivity contribution >= 4 is 0 Å². The molecule has 6 atom stereocenters. The lowest BCUT2D eigenvalue weighted by atomic mass is 9.96. The number of hydrogen-bond donors (Lipinski definition) is 7. The molecule has 0 rings (SSSR count). The molecule has 2 unspecified atom stereocenters. The topological polar surface area (TPSA) is 142 Å². The van der Waals surface area contributed by atoms with E-state index in [1.54, 1.807) is 6.92 Å². The van der Waals surface area contributed by atoms with E-state index in [2.05, 4.69) is 0 Å². The van der Waals surface area contributed by atoms with Crippen LogP contribution in [0.25, 0.3) is 0 Å². The average molecular weight is 240 g/mol. The standard InChI is InChI=1S/C9H20O7/c1-2-4(11)6(13)8(15)9(16)7(14)5(12)3-10/h4-16H,2-3H2,1H3/t4?,5-,6?,7-,8-,9+/m1/s1. The van der Waals surface area contributed by atoms with Crippen LogP contribution in [0, 0.1) is 0 Å². The lowest BCUT2D eigenvalue weighted by Gasteiger charge is -2.30. The quantitative estimate of drug-likeness (QED) is 0.245. The summed E-state index contributed by atoms with van der Waals surface area (Å²) in [5, 5.41) is 64.1. The van der Waals surface area contributed by atoms with E-state index < -0.39 is 43.2 Å². The molecule has 98 valence electrons. The van der Waals surface area contributed by atoms with Gasteiger partial charge < -0.3 is 35.7 Å². The summed E-state index contributed by atoms with van der Waals surface area (Å²) < 4.78 is 0. The third-order valence-corrected chi connectivity index (χ3v) is 2.44. The first kappa shape index (κ1) is 15.7. The van der Waals surface area contributed by atoms with Gasteiger partial charge in [-0.05, 0) is 6.42 Å². The molecule has 7 nitrogen and oxygen atoms in total. The first-order valence-electron chi connectivity index (χ1n) is 5.06. The third kappa shape index (κ3) is 3.95. The summed E-state index contributed by atoms with van der Waals surface area (Å²) in [7, 11) is 0. The predicted molar refractivity (Wildman–Crippen MR) is 53.4 cm³/mol. The molecule has 16 heavy (non-hydrogen) atoms. The summed E-state index contributed by atoms with van der Waals surface area (Å²) in [6, 6.07) is 0. The fourth-order valence-electron chi connectivity index (χ4n) is 1.21. The van der Waals surface area contributed by atoms with Crippen LogP contribution in [0.15, 0.2) is 0 Å². The average Bonchev–Trinajstić information content (AvgIpc) is 2.32. The summed E-state index contributed by atoms with van der Waals surface area (Å²) in [4.78, 5) is 0. The zero-order valence-corrected chi connectivity index (χ0v) is 9.01. The lowest BCUT2D eigenvalue weighted by Crippen LogP contribution is -2.52. The molecule has 0 spiro atoms. The van der Waals surface area contributed by atoms with Crippen molar-refractivity contribution in [3.05, 3.63) is 0 Å². The Kier molecular flexibility index (Phi) is 7.00. The maximum Gasteiger partial charge on any atom is 0.111 e. The van der Waals surface area contributed by atoms with Crippen LogP contribution in [-0.2, 0) is 0 Å². The summed E-state index contributed by atoms with van der Waals surface area (Å²) in [6.45, 7) is 0.767. The predicted octanol–water partition coefficient (Wildman–Crippen LogP) is -3.45. The van der Waals surface area contributed by atoms with Crippen molar-refractivity contribution in [1.29, 1.82) is 0 Å². The second-order valence-corrected chi connectivity index (χ2v) is 3.69. The van der Waals surface area contributed by atoms with Gasteiger partial charge in [0, 0.05) is 0 Å². The van der Waals surface area contributed by atoms with Gasteiger partial charge in [0.15, 0.2) is 0 Å². The van der Waals surface area contributed by atoms with Gasteiger partial charge in [0.1, 0.15) is 30.5 Å². The van der Waals surface area contributed by atoms with Gasteiger partial charge in [0.05, 0.1) is 12.7 Å². The van der Waals surface area contributed by atoms with Crippen molar-refractivity contribution in [2.45, 2.75) is 50.0 Å². The third-order valence-electron chi connectivity index (χ3n) is 2.44. The maximum atomic E-state index is 9.39. The Morgan fingerprint density at radius 1 is 0.688 bits per heavy atom. The van der Waals surface area contributed by atoms with Crippen LogP contribution in [-0.4, -0.2) is 79.0 Å². The van der Waals surface area contributed by atoms with Crippen LogP contribution in [0.4, 0.5) is 0 Å². The maximum absolute atomic E-state index is 9.39. The fourth-order valence-corrected chi connectivity index (χ4v) is 1.21. The minimum atomic E-state index is -1.86. The largest absolute Gasteiger partial charge is 0.394 e. The first-order chi connectivity index (χ1) is 7.36. The minimum Gasteiger partial charge on any atom is -0.394 e. The number of hydrogen-bond acceptors (Lipinski definition) is 7. The normalized spacial score (nSPS) is 23.2. The highest BCUT2D eigenvalue weighted by Gasteiger charge is 2.36. The Morgan fingerprint density at radius 2 is 1.06 bits per heavy atom. The molecular formula is C9H20O7. The molecule has 0 aromatic heterocycles. The fraction of sp³-hybridized carbons (Fsp3) is 1.00. The second-order valence-electron chi connectivity index (χ2n) is 3.69. The summed E-state index contributed by atoms with van der Waals surface area (Å²) in [5.74, 6) is 0. The van der Waals surface area contributed by atoms with E-state index in [1.807, 2.05) is 0 Å². The molecule has 0 aromatic carbocycles. The van der Waals surface area contributed by atoms with Gasteiger partial charge in [0.2, 0.25) is 0 Å². The Labute approximate surface area is 93.2 Å². The van der Waals surface area contributed by atoms with Gasteiger partial charge in [-0.15, -0.1) is 0 Å². The summed E-state index contributed by atoms with van der Waals surface area (Å²) >= 11 is 0. The van der Waals surface area contributed by atoms with Crippen LogP contribution in [0.3, 0.4) is 0 Å². The monoisotopic (exact) mass is 240 g/mol. The lowest BCUT2D eigenvalue weighted by molar-refractivity contribution is -0.157. The molecule has 0 aromatic rings. The minimum absolute atomic E-state index is 0.156. The molecule has 0 saturated heterocycles. The van der Waals surface area contributed by atoms with Crippen molar-refractivity contribution in [2.75, 3.05) is 6.61 Å². The molecule has 0 radical (unpaired) electrons. The molecular weight excluding hydrogens is 220 g/mol. The smallest absolute Gasteiger partial charge is 0.111 e. The van der Waals surface area contributed by atoms with Gasteiger partial charge >= 0.3 is 0 Å². The van der Waals surface area contributed by atoms with E-state index in [0.717, 1.165) is 0 Å². The van der Waals surface area contributed by atoms with Crippen molar-refractivity contribution in [3.63, 3.8) is 0 Å². The Morgan fingerprint density at radius 3 is 1.38 bits per heavy atom. The van der Waals surface area contributed by atoms with Crippen LogP contribution >= 0.6 is 0 Å². The highest BCUT2D eigenvalue weighted by molar-refractivity contribution is 4.87. The number of aliphatic hydroxyl groups is 7.